The number of aryl methyl sites for hydroxylation is 2. The number of hydrogen-bond donors (Lipinski definition) is 0. The van der Waals surface area contributed by atoms with Crippen molar-refractivity contribution in [3.05, 3.63) is 116 Å². The van der Waals surface area contributed by atoms with E-state index in [-0.39, 0.29) is 0 Å². The number of benzene rings is 4. The third-order valence-corrected chi connectivity index (χ3v) is 36.2. The van der Waals surface area contributed by atoms with E-state index in [4.69, 9.17) is 0 Å². The van der Waals surface area contributed by atoms with Gasteiger partial charge in [-0.15, -0.1) is 0 Å². The van der Waals surface area contributed by atoms with Gasteiger partial charge in [-0.2, -0.15) is 250 Å². The lowest BCUT2D eigenvalue weighted by Gasteiger charge is -2.45. The van der Waals surface area contributed by atoms with Crippen molar-refractivity contribution in [2.45, 2.75) is 272 Å². The molecule has 0 saturated carbocycles. The standard InChI is InChI=1S/C64H56BF52Si4.C8H15N2/c1-118(2,29-25-41(66,67)45(74,75)49(82,83)53(90,91)57(98,99)61(106,107)108)37-17-9-33(10-18-37)65(34-11-19-38(20-12-34)119(3,4)30-26-42(68,69)46(76,77)50(84,85)54(92,93)58(100,101)62(109,110)111,35-13-21-39(22-14-35)120(5,6)31-27-43(70,71)47(78,79)51(86,87)55(94,95)59(102,103)63(112,113)114)36-15-23-40(24-16-36)121(7,8)32-28-44(72,73)48(80,81)52(88,89)56(96,97)60(104,105)64(115,116)117;1-3-4-5-10-7-6-9(2)8-10/h9-24H,25-32H2,1-8H3;6-8H,3-5H2,1-2H3/q-1;+1. The van der Waals surface area contributed by atoms with Crippen molar-refractivity contribution in [3.63, 3.8) is 0 Å². The third-order valence-electron chi connectivity index (χ3n) is 22.6. The van der Waals surface area contributed by atoms with Crippen molar-refractivity contribution >= 4 is 81.0 Å². The molecule has 5 rings (SSSR count). The van der Waals surface area contributed by atoms with Crippen molar-refractivity contribution in [2.24, 2.45) is 7.05 Å². The van der Waals surface area contributed by atoms with Crippen LogP contribution in [0.3, 0.4) is 0 Å². The van der Waals surface area contributed by atoms with Gasteiger partial charge in [0.25, 0.3) is 0 Å². The van der Waals surface area contributed by atoms with Crippen LogP contribution in [0.5, 0.6) is 0 Å². The van der Waals surface area contributed by atoms with E-state index in [2.05, 4.69) is 34.8 Å². The van der Waals surface area contributed by atoms with Crippen LogP contribution in [-0.4, -0.2) is 186 Å². The van der Waals surface area contributed by atoms with E-state index in [9.17, 15) is 193 Å². The fourth-order valence-corrected chi connectivity index (χ4v) is 22.5. The Labute approximate surface area is 711 Å². The van der Waals surface area contributed by atoms with E-state index in [1.807, 2.05) is 7.05 Å². The first-order valence-corrected chi connectivity index (χ1v) is 49.8. The summed E-state index contributed by atoms with van der Waals surface area (Å²) < 4.78 is 741. The number of alkyl halides is 52. The predicted octanol–water partition coefficient (Wildman–Crippen LogP) is 24.4. The Kier molecular flexibility index (Phi) is 31.8. The molecule has 0 saturated heterocycles. The number of rotatable bonds is 39. The fourth-order valence-electron chi connectivity index (χ4n) is 13.3. The predicted molar refractivity (Wildman–Crippen MR) is 380 cm³/mol. The molecule has 0 radical (unpaired) electrons. The molecule has 0 spiro atoms. The number of nitrogens with zero attached hydrogens (tertiary/aromatic N) is 2. The maximum Gasteiger partial charge on any atom is 0.460 e. The summed E-state index contributed by atoms with van der Waals surface area (Å²) in [6.45, 7) is 9.89. The van der Waals surface area contributed by atoms with E-state index in [1.54, 1.807) is 0 Å². The highest BCUT2D eigenvalue weighted by molar-refractivity contribution is 7.20. The third kappa shape index (κ3) is 19.9. The first-order valence-electron chi connectivity index (χ1n) is 36.9. The first-order chi connectivity index (χ1) is 57.5. The van der Waals surface area contributed by atoms with Gasteiger partial charge in [0, 0.05) is 25.7 Å². The molecule has 2 nitrogen and oxygen atoms in total. The molecule has 0 bridgehead atoms. The van der Waals surface area contributed by atoms with Gasteiger partial charge in [0.1, 0.15) is 18.5 Å². The minimum atomic E-state index is -8.39. The Morgan fingerprint density at radius 3 is 0.542 bits per heavy atom. The molecule has 59 heteroatoms. The normalized spacial score (nSPS) is 15.6. The molecule has 1 aromatic heterocycles. The zero-order chi connectivity index (χ0) is 103. The first kappa shape index (κ1) is 117. The number of halogens is 52. The second kappa shape index (κ2) is 35.7. The largest absolute Gasteiger partial charge is 0.460 e. The van der Waals surface area contributed by atoms with Gasteiger partial charge < -0.3 is 0 Å². The summed E-state index contributed by atoms with van der Waals surface area (Å²) >= 11 is 0. The molecule has 0 aliphatic rings. The Morgan fingerprint density at radius 1 is 0.244 bits per heavy atom. The topological polar surface area (TPSA) is 8.81 Å². The molecule has 4 aromatic carbocycles. The number of hydrogen-bond acceptors (Lipinski definition) is 0. The van der Waals surface area contributed by atoms with Gasteiger partial charge in [0.15, 0.2) is 0 Å². The molecule has 131 heavy (non-hydrogen) atoms. The second-order valence-electron chi connectivity index (χ2n) is 33.6. The monoisotopic (exact) mass is 2070 g/mol. The Morgan fingerprint density at radius 2 is 0.405 bits per heavy atom. The average Bonchev–Trinajstić information content (AvgIpc) is 1.00. The summed E-state index contributed by atoms with van der Waals surface area (Å²) in [6.07, 6.45) is -37.8. The van der Waals surface area contributed by atoms with Crippen molar-refractivity contribution in [1.82, 2.24) is 4.57 Å². The van der Waals surface area contributed by atoms with Crippen LogP contribution < -0.4 is 47.2 Å². The van der Waals surface area contributed by atoms with Gasteiger partial charge >= 0.3 is 143 Å². The summed E-state index contributed by atoms with van der Waals surface area (Å²) in [5, 5.41) is -1.93. The van der Waals surface area contributed by atoms with Crippen molar-refractivity contribution in [3.8, 4) is 0 Å². The van der Waals surface area contributed by atoms with Crippen molar-refractivity contribution < 1.29 is 233 Å². The van der Waals surface area contributed by atoms with Crippen LogP contribution in [0.2, 0.25) is 76.6 Å². The van der Waals surface area contributed by atoms with Crippen molar-refractivity contribution in [2.75, 3.05) is 0 Å². The van der Waals surface area contributed by atoms with Gasteiger partial charge in [0.2, 0.25) is 6.33 Å². The molecule has 0 atom stereocenters. The lowest BCUT2D eigenvalue weighted by Crippen LogP contribution is -2.75. The molecular weight excluding hydrogens is 2000 g/mol. The molecule has 0 amide bonds. The van der Waals surface area contributed by atoms with E-state index in [1.165, 1.54) is 12.8 Å². The molecular formula is C72H71BF52N2Si4. The molecule has 1 heterocycles. The Balaban J connectivity index is 0.00000335. The Bertz CT molecular complexity index is 4110. The highest BCUT2D eigenvalue weighted by atomic mass is 28.3. The molecule has 752 valence electrons. The summed E-state index contributed by atoms with van der Waals surface area (Å²) in [6, 6.07) is 5.43. The van der Waals surface area contributed by atoms with Crippen LogP contribution in [0.25, 0.3) is 0 Å². The Hall–Kier alpha value is -6.62. The molecule has 0 fully saturated rings. The van der Waals surface area contributed by atoms with Gasteiger partial charge in [-0.1, -0.05) is 184 Å². The van der Waals surface area contributed by atoms with Gasteiger partial charge in [-0.25, -0.2) is 9.13 Å². The van der Waals surface area contributed by atoms with Crippen LogP contribution in [0, 0.1) is 0 Å². The molecule has 0 N–H and O–H groups in total. The minimum absolute atomic E-state index is 0.483. The van der Waals surface area contributed by atoms with E-state index < -0.39 is 274 Å². The summed E-state index contributed by atoms with van der Waals surface area (Å²) in [5.41, 5.74) is -2.01. The van der Waals surface area contributed by atoms with Gasteiger partial charge in [0.05, 0.1) is 45.9 Å². The molecule has 0 unspecified atom stereocenters. The number of imidazole rings is 1. The van der Waals surface area contributed by atoms with Crippen LogP contribution >= 0.6 is 0 Å². The van der Waals surface area contributed by atoms with Crippen LogP contribution in [0.4, 0.5) is 228 Å². The highest BCUT2D eigenvalue weighted by Gasteiger charge is 2.95. The lowest BCUT2D eigenvalue weighted by molar-refractivity contribution is -0.671. The van der Waals surface area contributed by atoms with Gasteiger partial charge in [-0.3, -0.25) is 0 Å². The second-order valence-corrected chi connectivity index (χ2v) is 52.9. The quantitative estimate of drug-likeness (QED) is 0.0211. The fraction of sp³-hybridized carbons (Fsp3) is 0.625. The molecule has 0 aliphatic heterocycles. The number of unbranched alkanes of at least 4 members (excludes halogenated alkanes) is 1. The van der Waals surface area contributed by atoms with E-state index in [0.717, 1.165) is 156 Å². The van der Waals surface area contributed by atoms with Crippen molar-refractivity contribution in [1.29, 1.82) is 0 Å². The highest BCUT2D eigenvalue weighted by Crippen LogP contribution is 2.66. The maximum atomic E-state index is 15.4. The van der Waals surface area contributed by atoms with Crippen LogP contribution in [0.1, 0.15) is 45.4 Å². The van der Waals surface area contributed by atoms with Gasteiger partial charge in [-0.05, 0) is 30.6 Å². The van der Waals surface area contributed by atoms with Crippen LogP contribution in [-0.2, 0) is 13.6 Å². The summed E-state index contributed by atoms with van der Waals surface area (Å²) in [7, 11) is -15.5. The maximum absolute atomic E-state index is 15.4. The van der Waals surface area contributed by atoms with Crippen LogP contribution in [0.15, 0.2) is 116 Å². The number of aromatic nitrogens is 2. The zero-order valence-corrected chi connectivity index (χ0v) is 71.9. The lowest BCUT2D eigenvalue weighted by atomic mass is 9.13. The zero-order valence-electron chi connectivity index (χ0n) is 67.9. The smallest absolute Gasteiger partial charge is 0.240 e. The van der Waals surface area contributed by atoms with E-state index in [0.29, 0.717) is 0 Å². The average molecular weight is 2080 g/mol. The summed E-state index contributed by atoms with van der Waals surface area (Å²) in [4.78, 5) is 0. The van der Waals surface area contributed by atoms with E-state index >= 15 is 35.1 Å². The minimum Gasteiger partial charge on any atom is -0.240 e. The SMILES string of the molecule is CCCCn1cc[n+](C)c1.C[Si](C)(CCC(F)(F)C(F)(F)C(F)(F)C(F)(F)C(F)(F)C(F)(F)F)c1ccc([B-](c2ccc([Si](C)(C)CCC(F)(F)C(F)(F)C(F)(F)C(F)(F)C(F)(F)C(F)(F)F)cc2)(c2ccc([Si](C)(C)CCC(F)(F)C(F)(F)C(F)(F)C(F)(F)C(F)(F)C(F)(F)F)cc2)c2ccc([Si](C)(C)CCC(F)(F)C(F)(F)C(F)(F)C(F)(F)C(F)(F)C(F)(F)F)cc2)cc1. The molecule has 5 aromatic rings. The molecule has 0 aliphatic carbocycles. The summed E-state index contributed by atoms with van der Waals surface area (Å²) in [5.74, 6) is -158.